The van der Waals surface area contributed by atoms with E-state index < -0.39 is 36.2 Å². The van der Waals surface area contributed by atoms with Crippen molar-refractivity contribution in [1.82, 2.24) is 10.6 Å². The summed E-state index contributed by atoms with van der Waals surface area (Å²) in [6.45, 7) is 3.17. The molecule has 0 aliphatic carbocycles. The Kier molecular flexibility index (Phi) is 8.15. The standard InChI is InChI=1S/C21H22ClFN2O4/c1-13(2)19(25-20(27)14-7-9-16(23)10-8-14)21(28)29-12-18(26)24-11-15-5-3-4-6-17(15)22/h3-10,13,19H,11-12H2,1-2H3,(H,24,26)(H,25,27)/t19-/m0/s1. The van der Waals surface area contributed by atoms with Gasteiger partial charge in [-0.3, -0.25) is 9.59 Å². The fourth-order valence-electron chi connectivity index (χ4n) is 2.44. The molecule has 2 amide bonds. The lowest BCUT2D eigenvalue weighted by Crippen LogP contribution is -2.46. The van der Waals surface area contributed by atoms with Crippen molar-refractivity contribution in [3.63, 3.8) is 0 Å². The summed E-state index contributed by atoms with van der Waals surface area (Å²) in [5, 5.41) is 5.69. The molecule has 29 heavy (non-hydrogen) atoms. The summed E-state index contributed by atoms with van der Waals surface area (Å²) in [6, 6.07) is 11.0. The molecule has 0 radical (unpaired) electrons. The molecule has 6 nitrogen and oxygen atoms in total. The first kappa shape index (κ1) is 22.4. The Morgan fingerprint density at radius 2 is 1.72 bits per heavy atom. The second-order valence-electron chi connectivity index (χ2n) is 6.68. The van der Waals surface area contributed by atoms with Crippen LogP contribution in [0.2, 0.25) is 5.02 Å². The van der Waals surface area contributed by atoms with Crippen molar-refractivity contribution in [2.45, 2.75) is 26.4 Å². The van der Waals surface area contributed by atoms with Crippen molar-refractivity contribution in [3.05, 3.63) is 70.5 Å². The number of benzene rings is 2. The molecule has 154 valence electrons. The molecule has 0 saturated heterocycles. The van der Waals surface area contributed by atoms with E-state index in [2.05, 4.69) is 10.6 Å². The monoisotopic (exact) mass is 420 g/mol. The van der Waals surface area contributed by atoms with Gasteiger partial charge in [-0.2, -0.15) is 0 Å². The Morgan fingerprint density at radius 3 is 2.34 bits per heavy atom. The summed E-state index contributed by atoms with van der Waals surface area (Å²) in [5.41, 5.74) is 0.947. The normalized spacial score (nSPS) is 11.6. The number of amides is 2. The number of ether oxygens (including phenoxy) is 1. The summed E-state index contributed by atoms with van der Waals surface area (Å²) < 4.78 is 18.0. The van der Waals surface area contributed by atoms with Gasteiger partial charge in [-0.25, -0.2) is 9.18 Å². The van der Waals surface area contributed by atoms with Gasteiger partial charge in [0, 0.05) is 17.1 Å². The van der Waals surface area contributed by atoms with Gasteiger partial charge in [0.25, 0.3) is 11.8 Å². The smallest absolute Gasteiger partial charge is 0.329 e. The van der Waals surface area contributed by atoms with Crippen LogP contribution >= 0.6 is 11.6 Å². The SMILES string of the molecule is CC(C)[C@H](NC(=O)c1ccc(F)cc1)C(=O)OCC(=O)NCc1ccccc1Cl. The first-order valence-electron chi connectivity index (χ1n) is 9.01. The summed E-state index contributed by atoms with van der Waals surface area (Å²) in [5.74, 6) is -2.51. The number of halogens is 2. The number of hydrogen-bond donors (Lipinski definition) is 2. The van der Waals surface area contributed by atoms with Crippen molar-refractivity contribution < 1.29 is 23.5 Å². The fraction of sp³-hybridized carbons (Fsp3) is 0.286. The lowest BCUT2D eigenvalue weighted by atomic mass is 10.0. The molecule has 0 aliphatic heterocycles. The molecule has 0 bridgehead atoms. The van der Waals surface area contributed by atoms with Crippen LogP contribution in [0, 0.1) is 11.7 Å². The highest BCUT2D eigenvalue weighted by molar-refractivity contribution is 6.31. The van der Waals surface area contributed by atoms with Crippen molar-refractivity contribution in [3.8, 4) is 0 Å². The molecule has 0 aliphatic rings. The van der Waals surface area contributed by atoms with Gasteiger partial charge >= 0.3 is 5.97 Å². The van der Waals surface area contributed by atoms with Crippen LogP contribution in [0.3, 0.4) is 0 Å². The highest BCUT2D eigenvalue weighted by Crippen LogP contribution is 2.14. The van der Waals surface area contributed by atoms with Gasteiger partial charge in [-0.1, -0.05) is 43.6 Å². The van der Waals surface area contributed by atoms with Crippen LogP contribution < -0.4 is 10.6 Å². The Balaban J connectivity index is 1.87. The van der Waals surface area contributed by atoms with E-state index in [0.29, 0.717) is 5.02 Å². The predicted molar refractivity (Wildman–Crippen MR) is 107 cm³/mol. The quantitative estimate of drug-likeness (QED) is 0.643. The minimum Gasteiger partial charge on any atom is -0.454 e. The zero-order valence-corrected chi connectivity index (χ0v) is 16.8. The third-order valence-electron chi connectivity index (χ3n) is 4.09. The molecule has 2 aromatic rings. The predicted octanol–water partition coefficient (Wildman–Crippen LogP) is 3.09. The molecule has 2 rings (SSSR count). The molecule has 0 heterocycles. The van der Waals surface area contributed by atoms with Gasteiger partial charge in [0.1, 0.15) is 11.9 Å². The summed E-state index contributed by atoms with van der Waals surface area (Å²) in [4.78, 5) is 36.6. The molecule has 8 heteroatoms. The van der Waals surface area contributed by atoms with Crippen molar-refractivity contribution in [1.29, 1.82) is 0 Å². The molecule has 2 aromatic carbocycles. The summed E-state index contributed by atoms with van der Waals surface area (Å²) in [7, 11) is 0. The second-order valence-corrected chi connectivity index (χ2v) is 7.09. The zero-order chi connectivity index (χ0) is 21.4. The molecule has 0 aromatic heterocycles. The first-order valence-corrected chi connectivity index (χ1v) is 9.39. The third-order valence-corrected chi connectivity index (χ3v) is 4.46. The highest BCUT2D eigenvalue weighted by atomic mass is 35.5. The van der Waals surface area contributed by atoms with E-state index >= 15 is 0 Å². The van der Waals surface area contributed by atoms with Crippen molar-refractivity contribution in [2.24, 2.45) is 5.92 Å². The van der Waals surface area contributed by atoms with E-state index in [9.17, 15) is 18.8 Å². The van der Waals surface area contributed by atoms with Crippen molar-refractivity contribution in [2.75, 3.05) is 6.61 Å². The van der Waals surface area contributed by atoms with Crippen LogP contribution in [-0.2, 0) is 20.9 Å². The Labute approximate surface area is 173 Å². The first-order chi connectivity index (χ1) is 13.8. The summed E-state index contributed by atoms with van der Waals surface area (Å²) in [6.07, 6.45) is 0. The number of rotatable bonds is 8. The van der Waals surface area contributed by atoms with Gasteiger partial charge in [-0.05, 0) is 41.8 Å². The molecule has 1 atom stereocenters. The van der Waals surface area contributed by atoms with E-state index in [1.807, 2.05) is 0 Å². The van der Waals surface area contributed by atoms with E-state index in [-0.39, 0.29) is 18.0 Å². The lowest BCUT2D eigenvalue weighted by Gasteiger charge is -2.20. The van der Waals surface area contributed by atoms with E-state index in [1.54, 1.807) is 38.1 Å². The van der Waals surface area contributed by atoms with Crippen LogP contribution in [-0.4, -0.2) is 30.4 Å². The van der Waals surface area contributed by atoms with Crippen LogP contribution in [0.4, 0.5) is 4.39 Å². The van der Waals surface area contributed by atoms with Crippen molar-refractivity contribution >= 4 is 29.4 Å². The van der Waals surface area contributed by atoms with Gasteiger partial charge in [0.2, 0.25) is 0 Å². The average molecular weight is 421 g/mol. The molecule has 0 saturated carbocycles. The van der Waals surface area contributed by atoms with Gasteiger partial charge in [-0.15, -0.1) is 0 Å². The maximum absolute atomic E-state index is 13.0. The number of nitrogens with one attached hydrogen (secondary N) is 2. The minimum absolute atomic E-state index is 0.199. The summed E-state index contributed by atoms with van der Waals surface area (Å²) >= 11 is 6.02. The van der Waals surface area contributed by atoms with E-state index in [0.717, 1.165) is 17.7 Å². The molecular weight excluding hydrogens is 399 g/mol. The maximum atomic E-state index is 13.0. The van der Waals surface area contributed by atoms with E-state index in [1.165, 1.54) is 12.1 Å². The van der Waals surface area contributed by atoms with E-state index in [4.69, 9.17) is 16.3 Å². The Hall–Kier alpha value is -2.93. The molecule has 2 N–H and O–H groups in total. The molecular formula is C21H22ClFN2O4. The highest BCUT2D eigenvalue weighted by Gasteiger charge is 2.26. The fourth-order valence-corrected chi connectivity index (χ4v) is 2.64. The Bertz CT molecular complexity index is 871. The second kappa shape index (κ2) is 10.6. The van der Waals surface area contributed by atoms with Gasteiger partial charge in [0.05, 0.1) is 0 Å². The third kappa shape index (κ3) is 6.87. The largest absolute Gasteiger partial charge is 0.454 e. The Morgan fingerprint density at radius 1 is 1.07 bits per heavy atom. The van der Waals surface area contributed by atoms with Crippen LogP contribution in [0.25, 0.3) is 0 Å². The molecule has 0 spiro atoms. The zero-order valence-electron chi connectivity index (χ0n) is 16.1. The number of hydrogen-bond acceptors (Lipinski definition) is 4. The van der Waals surface area contributed by atoms with Gasteiger partial charge < -0.3 is 15.4 Å². The number of carbonyl (C=O) groups excluding carboxylic acids is 3. The molecule has 0 unspecified atom stereocenters. The lowest BCUT2D eigenvalue weighted by molar-refractivity contribution is -0.151. The number of esters is 1. The topological polar surface area (TPSA) is 84.5 Å². The number of carbonyl (C=O) groups is 3. The maximum Gasteiger partial charge on any atom is 0.329 e. The minimum atomic E-state index is -0.955. The van der Waals surface area contributed by atoms with Crippen LogP contribution in [0.15, 0.2) is 48.5 Å². The molecule has 0 fully saturated rings. The van der Waals surface area contributed by atoms with Gasteiger partial charge in [0.15, 0.2) is 6.61 Å². The van der Waals surface area contributed by atoms with Crippen LogP contribution in [0.1, 0.15) is 29.8 Å². The van der Waals surface area contributed by atoms with Crippen LogP contribution in [0.5, 0.6) is 0 Å². The average Bonchev–Trinajstić information content (AvgIpc) is 2.69.